The molecule has 32 heavy (non-hydrogen) atoms. The molecular weight excluding hydrogens is 410 g/mol. The van der Waals surface area contributed by atoms with Gasteiger partial charge < -0.3 is 20.1 Å². The molecule has 0 amide bonds. The Bertz CT molecular complexity index is 1290. The third-order valence-corrected chi connectivity index (χ3v) is 5.11. The molecule has 0 saturated heterocycles. The van der Waals surface area contributed by atoms with Gasteiger partial charge in [-0.25, -0.2) is 9.59 Å². The standard InChI is InChI=1S/C25H19NO6/c27-22-13-18-5-6-19(25(31)32-14-15-7-9-26-10-8-15)11-20(18)12-21(22)23(28)16-1-3-17(4-2-16)24(29)30/h1-13,23,27-28H,14H2,(H,29,30). The van der Waals surface area contributed by atoms with E-state index in [1.165, 1.54) is 30.3 Å². The summed E-state index contributed by atoms with van der Waals surface area (Å²) in [5.74, 6) is -1.67. The van der Waals surface area contributed by atoms with Crippen molar-refractivity contribution >= 4 is 22.7 Å². The molecule has 0 radical (unpaired) electrons. The first-order valence-corrected chi connectivity index (χ1v) is 9.76. The van der Waals surface area contributed by atoms with Crippen LogP contribution in [0.2, 0.25) is 0 Å². The maximum Gasteiger partial charge on any atom is 0.338 e. The van der Waals surface area contributed by atoms with Crippen molar-refractivity contribution in [2.75, 3.05) is 0 Å². The van der Waals surface area contributed by atoms with E-state index in [2.05, 4.69) is 4.98 Å². The fraction of sp³-hybridized carbons (Fsp3) is 0.0800. The van der Waals surface area contributed by atoms with Crippen molar-refractivity contribution in [2.24, 2.45) is 0 Å². The van der Waals surface area contributed by atoms with Crippen molar-refractivity contribution in [3.63, 3.8) is 0 Å². The Morgan fingerprint density at radius 2 is 1.56 bits per heavy atom. The molecular formula is C25H19NO6. The van der Waals surface area contributed by atoms with E-state index in [4.69, 9.17) is 9.84 Å². The van der Waals surface area contributed by atoms with E-state index in [-0.39, 0.29) is 23.5 Å². The summed E-state index contributed by atoms with van der Waals surface area (Å²) in [6.07, 6.45) is 2.06. The van der Waals surface area contributed by atoms with Crippen LogP contribution in [0.5, 0.6) is 5.75 Å². The largest absolute Gasteiger partial charge is 0.508 e. The lowest BCUT2D eigenvalue weighted by Crippen LogP contribution is -2.05. The van der Waals surface area contributed by atoms with Crippen LogP contribution in [-0.4, -0.2) is 32.2 Å². The molecule has 4 aromatic rings. The molecule has 0 fully saturated rings. The number of aromatic carboxylic acids is 1. The molecule has 1 atom stereocenters. The number of hydrogen-bond donors (Lipinski definition) is 3. The number of fused-ring (bicyclic) bond motifs is 1. The number of nitrogens with zero attached hydrogens (tertiary/aromatic N) is 1. The summed E-state index contributed by atoms with van der Waals surface area (Å²) < 4.78 is 5.35. The van der Waals surface area contributed by atoms with Gasteiger partial charge in [0.05, 0.1) is 11.1 Å². The number of carboxylic acid groups (broad SMARTS) is 1. The molecule has 7 heteroatoms. The second-order valence-electron chi connectivity index (χ2n) is 7.23. The fourth-order valence-electron chi connectivity index (χ4n) is 3.35. The quantitative estimate of drug-likeness (QED) is 0.395. The first kappa shape index (κ1) is 21.0. The normalized spacial score (nSPS) is 11.8. The van der Waals surface area contributed by atoms with Crippen LogP contribution in [0, 0.1) is 0 Å². The number of phenols is 1. The summed E-state index contributed by atoms with van der Waals surface area (Å²) in [7, 11) is 0. The van der Waals surface area contributed by atoms with E-state index in [1.54, 1.807) is 48.8 Å². The van der Waals surface area contributed by atoms with Crippen LogP contribution < -0.4 is 0 Å². The topological polar surface area (TPSA) is 117 Å². The highest BCUT2D eigenvalue weighted by atomic mass is 16.5. The molecule has 3 N–H and O–H groups in total. The van der Waals surface area contributed by atoms with Crippen molar-refractivity contribution < 1.29 is 29.6 Å². The highest BCUT2D eigenvalue weighted by molar-refractivity contribution is 5.96. The number of pyridine rings is 1. The molecule has 0 aliphatic rings. The molecule has 0 saturated carbocycles. The minimum absolute atomic E-state index is 0.0959. The molecule has 3 aromatic carbocycles. The number of carbonyl (C=O) groups is 2. The smallest absolute Gasteiger partial charge is 0.338 e. The molecule has 1 aromatic heterocycles. The highest BCUT2D eigenvalue weighted by Crippen LogP contribution is 2.33. The minimum atomic E-state index is -1.18. The molecule has 0 bridgehead atoms. The Kier molecular flexibility index (Phi) is 5.83. The van der Waals surface area contributed by atoms with E-state index in [0.717, 1.165) is 5.56 Å². The van der Waals surface area contributed by atoms with Crippen LogP contribution in [0.3, 0.4) is 0 Å². The van der Waals surface area contributed by atoms with Crippen molar-refractivity contribution in [3.05, 3.63) is 107 Å². The molecule has 0 aliphatic carbocycles. The van der Waals surface area contributed by atoms with Crippen LogP contribution >= 0.6 is 0 Å². The average molecular weight is 429 g/mol. The maximum atomic E-state index is 12.5. The summed E-state index contributed by atoms with van der Waals surface area (Å²) in [6, 6.07) is 17.3. The number of rotatable bonds is 6. The van der Waals surface area contributed by atoms with Gasteiger partial charge in [0, 0.05) is 18.0 Å². The Balaban J connectivity index is 1.59. The molecule has 0 spiro atoms. The van der Waals surface area contributed by atoms with Gasteiger partial charge in [-0.2, -0.15) is 0 Å². The van der Waals surface area contributed by atoms with Gasteiger partial charge in [-0.05, 0) is 70.4 Å². The number of esters is 1. The van der Waals surface area contributed by atoms with E-state index in [9.17, 15) is 19.8 Å². The van der Waals surface area contributed by atoms with E-state index < -0.39 is 18.0 Å². The van der Waals surface area contributed by atoms with Gasteiger partial charge in [0.1, 0.15) is 18.5 Å². The lowest BCUT2D eigenvalue weighted by atomic mass is 9.96. The minimum Gasteiger partial charge on any atom is -0.508 e. The molecule has 0 aliphatic heterocycles. The van der Waals surface area contributed by atoms with Gasteiger partial charge in [-0.1, -0.05) is 18.2 Å². The number of hydrogen-bond acceptors (Lipinski definition) is 6. The van der Waals surface area contributed by atoms with E-state index >= 15 is 0 Å². The monoisotopic (exact) mass is 429 g/mol. The zero-order valence-electron chi connectivity index (χ0n) is 16.8. The van der Waals surface area contributed by atoms with Gasteiger partial charge in [0.15, 0.2) is 0 Å². The molecule has 1 unspecified atom stereocenters. The number of carboxylic acids is 1. The van der Waals surface area contributed by atoms with Crippen molar-refractivity contribution in [2.45, 2.75) is 12.7 Å². The molecule has 160 valence electrons. The second kappa shape index (κ2) is 8.87. The van der Waals surface area contributed by atoms with Gasteiger partial charge in [-0.3, -0.25) is 4.98 Å². The third kappa shape index (κ3) is 4.43. The fourth-order valence-corrected chi connectivity index (χ4v) is 3.35. The number of aliphatic hydroxyl groups excluding tert-OH is 1. The number of aromatic hydroxyl groups is 1. The van der Waals surface area contributed by atoms with Crippen LogP contribution in [0.1, 0.15) is 43.5 Å². The van der Waals surface area contributed by atoms with Gasteiger partial charge in [0.2, 0.25) is 0 Å². The Hall–Kier alpha value is -4.23. The lowest BCUT2D eigenvalue weighted by Gasteiger charge is -2.15. The number of aliphatic hydroxyl groups is 1. The number of ether oxygens (including phenoxy) is 1. The third-order valence-electron chi connectivity index (χ3n) is 5.11. The molecule has 1 heterocycles. The zero-order valence-corrected chi connectivity index (χ0v) is 16.8. The van der Waals surface area contributed by atoms with Gasteiger partial charge in [-0.15, -0.1) is 0 Å². The van der Waals surface area contributed by atoms with Crippen LogP contribution in [0.25, 0.3) is 10.8 Å². The summed E-state index contributed by atoms with van der Waals surface area (Å²) in [4.78, 5) is 27.4. The van der Waals surface area contributed by atoms with Gasteiger partial charge in [0.25, 0.3) is 0 Å². The average Bonchev–Trinajstić information content (AvgIpc) is 2.82. The van der Waals surface area contributed by atoms with E-state index in [1.807, 2.05) is 0 Å². The van der Waals surface area contributed by atoms with Crippen molar-refractivity contribution in [1.29, 1.82) is 0 Å². The number of benzene rings is 3. The maximum absolute atomic E-state index is 12.5. The van der Waals surface area contributed by atoms with Crippen LogP contribution in [0.15, 0.2) is 79.1 Å². The Labute approximate surface area is 183 Å². The Morgan fingerprint density at radius 3 is 2.25 bits per heavy atom. The second-order valence-corrected chi connectivity index (χ2v) is 7.23. The van der Waals surface area contributed by atoms with Crippen LogP contribution in [0.4, 0.5) is 0 Å². The lowest BCUT2D eigenvalue weighted by molar-refractivity contribution is 0.0472. The van der Waals surface area contributed by atoms with Gasteiger partial charge >= 0.3 is 11.9 Å². The van der Waals surface area contributed by atoms with Crippen LogP contribution in [-0.2, 0) is 11.3 Å². The first-order valence-electron chi connectivity index (χ1n) is 9.76. The highest BCUT2D eigenvalue weighted by Gasteiger charge is 2.17. The summed E-state index contributed by atoms with van der Waals surface area (Å²) in [5.41, 5.74) is 1.92. The summed E-state index contributed by atoms with van der Waals surface area (Å²) >= 11 is 0. The summed E-state index contributed by atoms with van der Waals surface area (Å²) in [6.45, 7) is 0.116. The molecule has 4 rings (SSSR count). The molecule has 7 nitrogen and oxygen atoms in total. The van der Waals surface area contributed by atoms with Crippen molar-refractivity contribution in [1.82, 2.24) is 4.98 Å². The zero-order chi connectivity index (χ0) is 22.7. The number of phenolic OH excluding ortho intramolecular Hbond substituents is 1. The first-order chi connectivity index (χ1) is 15.4. The number of carbonyl (C=O) groups excluding carboxylic acids is 1. The van der Waals surface area contributed by atoms with E-state index in [0.29, 0.717) is 21.9 Å². The summed E-state index contributed by atoms with van der Waals surface area (Å²) in [5, 5.41) is 31.5. The predicted octanol–water partition coefficient (Wildman–Crippen LogP) is 4.08. The SMILES string of the molecule is O=C(O)c1ccc(C(O)c2cc3cc(C(=O)OCc4ccncc4)ccc3cc2O)cc1. The Morgan fingerprint density at radius 1 is 0.875 bits per heavy atom. The van der Waals surface area contributed by atoms with Crippen molar-refractivity contribution in [3.8, 4) is 5.75 Å². The number of aromatic nitrogens is 1. The predicted molar refractivity (Wildman–Crippen MR) is 116 cm³/mol.